The molecule has 1 N–H and O–H groups in total. The van der Waals surface area contributed by atoms with E-state index < -0.39 is 0 Å². The first-order valence-electron chi connectivity index (χ1n) is 8.57. The minimum absolute atomic E-state index is 0. The van der Waals surface area contributed by atoms with Crippen molar-refractivity contribution in [2.24, 2.45) is 0 Å². The number of hydrogen-bond acceptors (Lipinski definition) is 4. The lowest BCUT2D eigenvalue weighted by Crippen LogP contribution is -2.51. The summed E-state index contributed by atoms with van der Waals surface area (Å²) in [4.78, 5) is 16.8. The van der Waals surface area contributed by atoms with Gasteiger partial charge in [0.15, 0.2) is 0 Å². The van der Waals surface area contributed by atoms with E-state index >= 15 is 0 Å². The summed E-state index contributed by atoms with van der Waals surface area (Å²) >= 11 is 0. The van der Waals surface area contributed by atoms with Crippen LogP contribution in [-0.2, 0) is 16.1 Å². The van der Waals surface area contributed by atoms with Gasteiger partial charge in [0.2, 0.25) is 5.91 Å². The summed E-state index contributed by atoms with van der Waals surface area (Å²) in [7, 11) is 0. The zero-order valence-corrected chi connectivity index (χ0v) is 16.4. The number of aryl methyl sites for hydroxylation is 1. The van der Waals surface area contributed by atoms with Crippen molar-refractivity contribution in [2.45, 2.75) is 25.9 Å². The lowest BCUT2D eigenvalue weighted by Gasteiger charge is -2.36. The van der Waals surface area contributed by atoms with Crippen molar-refractivity contribution in [3.63, 3.8) is 0 Å². The quantitative estimate of drug-likeness (QED) is 0.853. The van der Waals surface area contributed by atoms with Crippen LogP contribution in [0.25, 0.3) is 0 Å². The van der Waals surface area contributed by atoms with Crippen LogP contribution >= 0.6 is 24.8 Å². The fourth-order valence-electron chi connectivity index (χ4n) is 3.31. The Balaban J connectivity index is 0.00000156. The third kappa shape index (κ3) is 6.76. The van der Waals surface area contributed by atoms with Crippen LogP contribution < -0.4 is 5.32 Å². The molecule has 25 heavy (non-hydrogen) atoms. The lowest BCUT2D eigenvalue weighted by molar-refractivity contribution is -0.134. The average molecular weight is 390 g/mol. The van der Waals surface area contributed by atoms with Crippen molar-refractivity contribution < 1.29 is 9.53 Å². The minimum Gasteiger partial charge on any atom is -0.378 e. The highest BCUT2D eigenvalue weighted by molar-refractivity contribution is 5.85. The van der Waals surface area contributed by atoms with E-state index in [1.54, 1.807) is 0 Å². The molecule has 1 unspecified atom stereocenters. The first kappa shape index (κ1) is 22.2. The van der Waals surface area contributed by atoms with Gasteiger partial charge in [0, 0.05) is 51.7 Å². The molecule has 2 fully saturated rings. The maximum atomic E-state index is 12.4. The van der Waals surface area contributed by atoms with Crippen LogP contribution in [0.1, 0.15) is 17.5 Å². The Labute approximate surface area is 162 Å². The van der Waals surface area contributed by atoms with E-state index in [2.05, 4.69) is 41.4 Å². The Morgan fingerprint density at radius 2 is 2.00 bits per heavy atom. The average Bonchev–Trinajstić information content (AvgIpc) is 2.56. The van der Waals surface area contributed by atoms with Crippen LogP contribution in [0, 0.1) is 6.92 Å². The number of halogens is 2. The molecule has 1 aromatic carbocycles. The van der Waals surface area contributed by atoms with Crippen LogP contribution in [0.15, 0.2) is 24.3 Å². The number of amides is 1. The van der Waals surface area contributed by atoms with Crippen LogP contribution in [0.4, 0.5) is 0 Å². The topological polar surface area (TPSA) is 44.8 Å². The van der Waals surface area contributed by atoms with Crippen LogP contribution in [0.2, 0.25) is 0 Å². The fraction of sp³-hybridized carbons (Fsp3) is 0.611. The van der Waals surface area contributed by atoms with E-state index in [1.165, 1.54) is 11.1 Å². The van der Waals surface area contributed by atoms with E-state index in [-0.39, 0.29) is 36.8 Å². The molecule has 0 spiro atoms. The lowest BCUT2D eigenvalue weighted by atomic mass is 10.1. The zero-order chi connectivity index (χ0) is 16.1. The van der Waals surface area contributed by atoms with Gasteiger partial charge in [-0.15, -0.1) is 24.8 Å². The van der Waals surface area contributed by atoms with Gasteiger partial charge in [-0.25, -0.2) is 0 Å². The molecule has 2 heterocycles. The Hall–Kier alpha value is -0.850. The first-order valence-corrected chi connectivity index (χ1v) is 8.57. The minimum atomic E-state index is 0. The highest BCUT2D eigenvalue weighted by atomic mass is 35.5. The van der Waals surface area contributed by atoms with E-state index in [4.69, 9.17) is 4.74 Å². The second-order valence-electron chi connectivity index (χ2n) is 6.58. The Morgan fingerprint density at radius 3 is 2.64 bits per heavy atom. The maximum Gasteiger partial charge on any atom is 0.224 e. The molecule has 0 aromatic heterocycles. The van der Waals surface area contributed by atoms with Gasteiger partial charge in [-0.2, -0.15) is 0 Å². The molecule has 0 aliphatic carbocycles. The van der Waals surface area contributed by atoms with Gasteiger partial charge in [-0.3, -0.25) is 9.69 Å². The Morgan fingerprint density at radius 1 is 1.24 bits per heavy atom. The van der Waals surface area contributed by atoms with Crippen molar-refractivity contribution in [1.82, 2.24) is 15.1 Å². The van der Waals surface area contributed by atoms with Crippen molar-refractivity contribution in [3.8, 4) is 0 Å². The molecule has 0 saturated carbocycles. The molecule has 1 amide bonds. The van der Waals surface area contributed by atoms with E-state index in [0.29, 0.717) is 13.0 Å². The molecule has 2 saturated heterocycles. The van der Waals surface area contributed by atoms with Gasteiger partial charge < -0.3 is 15.0 Å². The van der Waals surface area contributed by atoms with Gasteiger partial charge in [0.1, 0.15) is 0 Å². The number of rotatable bonds is 4. The second kappa shape index (κ2) is 11.0. The molecule has 1 aromatic rings. The van der Waals surface area contributed by atoms with E-state index in [9.17, 15) is 4.79 Å². The highest BCUT2D eigenvalue weighted by Crippen LogP contribution is 2.12. The SMILES string of the molecule is Cc1cccc(CN2CCN(C(=O)CC3COCCN3)CC2)c1.Cl.Cl. The van der Waals surface area contributed by atoms with E-state index in [1.807, 2.05) is 4.90 Å². The predicted molar refractivity (Wildman–Crippen MR) is 105 cm³/mol. The third-order valence-electron chi connectivity index (χ3n) is 4.63. The molecular formula is C18H29Cl2N3O2. The van der Waals surface area contributed by atoms with Gasteiger partial charge in [0.05, 0.1) is 13.2 Å². The Kier molecular flexibility index (Phi) is 9.75. The van der Waals surface area contributed by atoms with Crippen molar-refractivity contribution in [3.05, 3.63) is 35.4 Å². The third-order valence-corrected chi connectivity index (χ3v) is 4.63. The number of carbonyl (C=O) groups excluding carboxylic acids is 1. The van der Waals surface area contributed by atoms with Crippen LogP contribution in [0.3, 0.4) is 0 Å². The molecule has 142 valence electrons. The highest BCUT2D eigenvalue weighted by Gasteiger charge is 2.24. The fourth-order valence-corrected chi connectivity index (χ4v) is 3.31. The summed E-state index contributed by atoms with van der Waals surface area (Å²) in [5.41, 5.74) is 2.66. The monoisotopic (exact) mass is 389 g/mol. The molecule has 5 nitrogen and oxygen atoms in total. The van der Waals surface area contributed by atoms with Crippen molar-refractivity contribution in [1.29, 1.82) is 0 Å². The number of ether oxygens (including phenoxy) is 1. The molecule has 2 aliphatic heterocycles. The molecule has 1 atom stereocenters. The van der Waals surface area contributed by atoms with Crippen molar-refractivity contribution >= 4 is 30.7 Å². The number of nitrogens with one attached hydrogen (secondary N) is 1. The maximum absolute atomic E-state index is 12.4. The standard InChI is InChI=1S/C18H27N3O2.2ClH/c1-15-3-2-4-16(11-15)13-20-6-8-21(9-7-20)18(22)12-17-14-23-10-5-19-17;;/h2-4,11,17,19H,5-10,12-14H2,1H3;2*1H. The normalized spacial score (nSPS) is 21.2. The van der Waals surface area contributed by atoms with Gasteiger partial charge >= 0.3 is 0 Å². The summed E-state index contributed by atoms with van der Waals surface area (Å²) in [5.74, 6) is 0.253. The van der Waals surface area contributed by atoms with Gasteiger partial charge in [-0.1, -0.05) is 29.8 Å². The first-order chi connectivity index (χ1) is 11.2. The summed E-state index contributed by atoms with van der Waals surface area (Å²) in [6, 6.07) is 8.85. The smallest absolute Gasteiger partial charge is 0.224 e. The number of benzene rings is 1. The summed E-state index contributed by atoms with van der Waals surface area (Å²) in [6.07, 6.45) is 0.553. The summed E-state index contributed by atoms with van der Waals surface area (Å²) in [6.45, 7) is 8.92. The molecule has 0 radical (unpaired) electrons. The molecule has 3 rings (SSSR count). The number of morpholine rings is 1. The van der Waals surface area contributed by atoms with E-state index in [0.717, 1.165) is 45.9 Å². The van der Waals surface area contributed by atoms with Crippen molar-refractivity contribution in [2.75, 3.05) is 45.9 Å². The molecule has 0 bridgehead atoms. The Bertz CT molecular complexity index is 531. The second-order valence-corrected chi connectivity index (χ2v) is 6.58. The van der Waals surface area contributed by atoms with Gasteiger partial charge in [0.25, 0.3) is 0 Å². The van der Waals surface area contributed by atoms with Gasteiger partial charge in [-0.05, 0) is 12.5 Å². The molecule has 7 heteroatoms. The summed E-state index contributed by atoms with van der Waals surface area (Å²) in [5, 5.41) is 3.35. The van der Waals surface area contributed by atoms with Crippen LogP contribution in [-0.4, -0.2) is 67.7 Å². The number of hydrogen-bond donors (Lipinski definition) is 1. The largest absolute Gasteiger partial charge is 0.378 e. The summed E-state index contributed by atoms with van der Waals surface area (Å²) < 4.78 is 5.42. The van der Waals surface area contributed by atoms with Crippen LogP contribution in [0.5, 0.6) is 0 Å². The predicted octanol–water partition coefficient (Wildman–Crippen LogP) is 1.86. The number of nitrogens with zero attached hydrogens (tertiary/aromatic N) is 2. The molecular weight excluding hydrogens is 361 g/mol. The number of carbonyl (C=O) groups is 1. The molecule has 2 aliphatic rings. The number of piperazine rings is 1. The zero-order valence-electron chi connectivity index (χ0n) is 14.8.